The van der Waals surface area contributed by atoms with Crippen LogP contribution in [0.3, 0.4) is 0 Å². The van der Waals surface area contributed by atoms with Crippen molar-refractivity contribution in [3.05, 3.63) is 28.0 Å². The van der Waals surface area contributed by atoms with Gasteiger partial charge in [0.2, 0.25) is 0 Å². The number of rotatable bonds is 2. The molecule has 14 heavy (non-hydrogen) atoms. The van der Waals surface area contributed by atoms with Crippen LogP contribution in [0.2, 0.25) is 10.3 Å². The molecule has 1 rings (SSSR count). The minimum atomic E-state index is -4.13. The molecule has 1 aromatic heterocycles. The fourth-order valence-electron chi connectivity index (χ4n) is 0.890. The second-order valence-corrected chi connectivity index (χ2v) is 5.21. The zero-order valence-corrected chi connectivity index (χ0v) is 9.44. The average molecular weight is 256 g/mol. The van der Waals surface area contributed by atoms with Gasteiger partial charge in [0.15, 0.2) is 0 Å². The molecule has 1 atom stereocenters. The number of pyridine rings is 1. The monoisotopic (exact) mass is 255 g/mol. The van der Waals surface area contributed by atoms with Crippen molar-refractivity contribution in [3.63, 3.8) is 0 Å². The molecule has 1 heterocycles. The summed E-state index contributed by atoms with van der Waals surface area (Å²) in [5.41, 5.74) is 0.303. The molecule has 1 N–H and O–H groups in total. The first-order valence-electron chi connectivity index (χ1n) is 3.60. The van der Waals surface area contributed by atoms with Crippen molar-refractivity contribution in [2.75, 3.05) is 0 Å². The molecule has 1 unspecified atom stereocenters. The highest BCUT2D eigenvalue weighted by atomic mass is 35.5. The normalized spacial score (nSPS) is 14.0. The number of nitrogens with zero attached hydrogens (tertiary/aromatic N) is 1. The summed E-state index contributed by atoms with van der Waals surface area (Å²) in [6.07, 6.45) is 0. The maximum Gasteiger partial charge on any atom is 0.271 e. The van der Waals surface area contributed by atoms with E-state index in [4.69, 9.17) is 27.8 Å². The number of hydrogen-bond donors (Lipinski definition) is 1. The van der Waals surface area contributed by atoms with Gasteiger partial charge in [-0.15, -0.1) is 0 Å². The summed E-state index contributed by atoms with van der Waals surface area (Å²) in [5.74, 6) is 0. The summed E-state index contributed by atoms with van der Waals surface area (Å²) in [7, 11) is -4.13. The van der Waals surface area contributed by atoms with E-state index in [2.05, 4.69) is 4.98 Å². The predicted molar refractivity (Wildman–Crippen MR) is 54.2 cm³/mol. The Bertz CT molecular complexity index is 426. The van der Waals surface area contributed by atoms with Crippen molar-refractivity contribution in [1.29, 1.82) is 0 Å². The van der Waals surface area contributed by atoms with Gasteiger partial charge in [-0.1, -0.05) is 23.2 Å². The van der Waals surface area contributed by atoms with Gasteiger partial charge in [0.25, 0.3) is 10.1 Å². The van der Waals surface area contributed by atoms with Crippen molar-refractivity contribution in [3.8, 4) is 0 Å². The van der Waals surface area contributed by atoms with Crippen LogP contribution in [0.1, 0.15) is 17.7 Å². The van der Waals surface area contributed by atoms with Crippen LogP contribution in [0.15, 0.2) is 12.1 Å². The van der Waals surface area contributed by atoms with Gasteiger partial charge in [-0.05, 0) is 24.6 Å². The molecule has 0 aliphatic heterocycles. The molecule has 0 aliphatic rings. The van der Waals surface area contributed by atoms with Gasteiger partial charge in [-0.3, -0.25) is 4.55 Å². The lowest BCUT2D eigenvalue weighted by molar-refractivity contribution is 0.472. The van der Waals surface area contributed by atoms with Crippen molar-refractivity contribution in [1.82, 2.24) is 4.98 Å². The topological polar surface area (TPSA) is 67.3 Å². The molecule has 1 aromatic rings. The average Bonchev–Trinajstić information content (AvgIpc) is 1.99. The Morgan fingerprint density at radius 1 is 1.36 bits per heavy atom. The van der Waals surface area contributed by atoms with E-state index in [1.165, 1.54) is 19.1 Å². The third-order valence-electron chi connectivity index (χ3n) is 1.70. The molecule has 0 amide bonds. The minimum absolute atomic E-state index is 0.0861. The second-order valence-electron chi connectivity index (χ2n) is 2.70. The quantitative estimate of drug-likeness (QED) is 0.651. The van der Waals surface area contributed by atoms with Crippen molar-refractivity contribution in [2.45, 2.75) is 12.2 Å². The Hall–Kier alpha value is -0.360. The van der Waals surface area contributed by atoms with E-state index in [-0.39, 0.29) is 10.3 Å². The van der Waals surface area contributed by atoms with Crippen LogP contribution in [-0.4, -0.2) is 18.0 Å². The van der Waals surface area contributed by atoms with Crippen molar-refractivity contribution < 1.29 is 13.0 Å². The highest BCUT2D eigenvalue weighted by molar-refractivity contribution is 7.86. The molecule has 78 valence electrons. The minimum Gasteiger partial charge on any atom is -0.285 e. The summed E-state index contributed by atoms with van der Waals surface area (Å²) in [5, 5.41) is -0.897. The van der Waals surface area contributed by atoms with Crippen LogP contribution in [0.5, 0.6) is 0 Å². The number of hydrogen-bond acceptors (Lipinski definition) is 3. The maximum absolute atomic E-state index is 10.8. The van der Waals surface area contributed by atoms with E-state index in [0.29, 0.717) is 5.56 Å². The molecule has 4 nitrogen and oxygen atoms in total. The van der Waals surface area contributed by atoms with Crippen LogP contribution in [-0.2, 0) is 10.1 Å². The van der Waals surface area contributed by atoms with Crippen LogP contribution in [0.25, 0.3) is 0 Å². The van der Waals surface area contributed by atoms with Gasteiger partial charge < -0.3 is 0 Å². The summed E-state index contributed by atoms with van der Waals surface area (Å²) in [4.78, 5) is 3.65. The molecule has 0 aliphatic carbocycles. The fourth-order valence-corrected chi connectivity index (χ4v) is 1.85. The number of aromatic nitrogens is 1. The van der Waals surface area contributed by atoms with E-state index in [1.807, 2.05) is 0 Å². The van der Waals surface area contributed by atoms with E-state index in [9.17, 15) is 8.42 Å². The first-order valence-corrected chi connectivity index (χ1v) is 5.86. The zero-order valence-electron chi connectivity index (χ0n) is 7.11. The molecule has 0 radical (unpaired) electrons. The molecule has 0 saturated heterocycles. The highest BCUT2D eigenvalue weighted by Gasteiger charge is 2.20. The summed E-state index contributed by atoms with van der Waals surface area (Å²) >= 11 is 11.1. The first kappa shape index (κ1) is 11.7. The second kappa shape index (κ2) is 4.02. The number of halogens is 2. The van der Waals surface area contributed by atoms with E-state index in [1.54, 1.807) is 0 Å². The van der Waals surface area contributed by atoms with Crippen molar-refractivity contribution in [2.24, 2.45) is 0 Å². The van der Waals surface area contributed by atoms with Crippen LogP contribution < -0.4 is 0 Å². The third-order valence-corrected chi connectivity index (χ3v) is 3.25. The SMILES string of the molecule is CC(c1cc(Cl)nc(Cl)c1)S(=O)(=O)O. The Morgan fingerprint density at radius 3 is 2.14 bits per heavy atom. The van der Waals surface area contributed by atoms with Crippen LogP contribution >= 0.6 is 23.2 Å². The molecule has 0 bridgehead atoms. The summed E-state index contributed by atoms with van der Waals surface area (Å²) < 4.78 is 30.4. The van der Waals surface area contributed by atoms with Gasteiger partial charge in [-0.2, -0.15) is 8.42 Å². The molecule has 0 saturated carbocycles. The van der Waals surface area contributed by atoms with Crippen LogP contribution in [0, 0.1) is 0 Å². The summed E-state index contributed by atoms with van der Waals surface area (Å²) in [6, 6.07) is 2.68. The third kappa shape index (κ3) is 2.81. The lowest BCUT2D eigenvalue weighted by atomic mass is 10.2. The van der Waals surface area contributed by atoms with Gasteiger partial charge >= 0.3 is 0 Å². The lowest BCUT2D eigenvalue weighted by Crippen LogP contribution is -2.08. The van der Waals surface area contributed by atoms with Gasteiger partial charge in [0.05, 0.1) is 0 Å². The summed E-state index contributed by atoms with van der Waals surface area (Å²) in [6.45, 7) is 1.33. The van der Waals surface area contributed by atoms with E-state index >= 15 is 0 Å². The molecular formula is C7H7Cl2NO3S. The van der Waals surface area contributed by atoms with Gasteiger partial charge in [-0.25, -0.2) is 4.98 Å². The molecule has 0 fully saturated rings. The maximum atomic E-state index is 10.8. The molecule has 7 heteroatoms. The van der Waals surface area contributed by atoms with Crippen molar-refractivity contribution >= 4 is 33.3 Å². The van der Waals surface area contributed by atoms with E-state index in [0.717, 1.165) is 0 Å². The Kier molecular flexibility index (Phi) is 3.36. The predicted octanol–water partition coefficient (Wildman–Crippen LogP) is 2.34. The van der Waals surface area contributed by atoms with Gasteiger partial charge in [0, 0.05) is 0 Å². The highest BCUT2D eigenvalue weighted by Crippen LogP contribution is 2.24. The largest absolute Gasteiger partial charge is 0.285 e. The molecule has 0 spiro atoms. The Balaban J connectivity index is 3.20. The smallest absolute Gasteiger partial charge is 0.271 e. The Morgan fingerprint density at radius 2 is 1.79 bits per heavy atom. The molecular weight excluding hydrogens is 249 g/mol. The first-order chi connectivity index (χ1) is 6.30. The lowest BCUT2D eigenvalue weighted by Gasteiger charge is -2.08. The zero-order chi connectivity index (χ0) is 10.9. The van der Waals surface area contributed by atoms with Crippen LogP contribution in [0.4, 0.5) is 0 Å². The standard InChI is InChI=1S/C7H7Cl2NO3S/c1-4(14(11,12)13)5-2-6(8)10-7(9)3-5/h2-4H,1H3,(H,11,12,13). The van der Waals surface area contributed by atoms with E-state index < -0.39 is 15.4 Å². The Labute approximate surface area is 91.6 Å². The molecule has 0 aromatic carbocycles. The fraction of sp³-hybridized carbons (Fsp3) is 0.286. The van der Waals surface area contributed by atoms with Gasteiger partial charge in [0.1, 0.15) is 15.6 Å².